The standard InChI is InChI=1S/C11H19N3/c1-10-6-11(9-13-7-10)8-12-4-5-14(2)3/h6-7,9,12H,4-5,8H2,1-3H3. The van der Waals surface area contributed by atoms with E-state index < -0.39 is 0 Å². The topological polar surface area (TPSA) is 28.2 Å². The first-order chi connectivity index (χ1) is 6.68. The fourth-order valence-corrected chi connectivity index (χ4v) is 1.25. The zero-order chi connectivity index (χ0) is 10.4. The van der Waals surface area contributed by atoms with Gasteiger partial charge in [0.1, 0.15) is 0 Å². The van der Waals surface area contributed by atoms with Crippen molar-refractivity contribution >= 4 is 0 Å². The molecule has 1 aromatic heterocycles. The van der Waals surface area contributed by atoms with Crippen LogP contribution in [0.4, 0.5) is 0 Å². The van der Waals surface area contributed by atoms with Crippen LogP contribution in [0, 0.1) is 6.92 Å². The summed E-state index contributed by atoms with van der Waals surface area (Å²) < 4.78 is 0. The van der Waals surface area contributed by atoms with E-state index in [1.807, 2.05) is 12.4 Å². The number of nitrogens with zero attached hydrogens (tertiary/aromatic N) is 2. The highest BCUT2D eigenvalue weighted by Gasteiger charge is 1.94. The van der Waals surface area contributed by atoms with Gasteiger partial charge in [0, 0.05) is 32.0 Å². The van der Waals surface area contributed by atoms with Crippen LogP contribution in [0.1, 0.15) is 11.1 Å². The van der Waals surface area contributed by atoms with Crippen LogP contribution in [0.2, 0.25) is 0 Å². The normalized spacial score (nSPS) is 10.9. The van der Waals surface area contributed by atoms with Crippen LogP contribution in [0.25, 0.3) is 0 Å². The summed E-state index contributed by atoms with van der Waals surface area (Å²) in [5.74, 6) is 0. The molecule has 0 bridgehead atoms. The molecule has 0 unspecified atom stereocenters. The van der Waals surface area contributed by atoms with E-state index in [4.69, 9.17) is 0 Å². The van der Waals surface area contributed by atoms with E-state index in [9.17, 15) is 0 Å². The largest absolute Gasteiger partial charge is 0.311 e. The Bertz CT molecular complexity index is 271. The van der Waals surface area contributed by atoms with Crippen LogP contribution in [-0.4, -0.2) is 37.1 Å². The number of aryl methyl sites for hydroxylation is 1. The minimum absolute atomic E-state index is 0.905. The van der Waals surface area contributed by atoms with Crippen LogP contribution >= 0.6 is 0 Å². The van der Waals surface area contributed by atoms with E-state index in [2.05, 4.69) is 42.3 Å². The molecule has 0 saturated carbocycles. The Morgan fingerprint density at radius 3 is 2.79 bits per heavy atom. The van der Waals surface area contributed by atoms with Gasteiger partial charge in [0.15, 0.2) is 0 Å². The van der Waals surface area contributed by atoms with Crippen LogP contribution in [0.3, 0.4) is 0 Å². The van der Waals surface area contributed by atoms with Gasteiger partial charge in [-0.1, -0.05) is 6.07 Å². The Kier molecular flexibility index (Phi) is 4.56. The predicted octanol–water partition coefficient (Wildman–Crippen LogP) is 1.04. The molecule has 0 aliphatic heterocycles. The van der Waals surface area contributed by atoms with Crippen molar-refractivity contribution in [3.63, 3.8) is 0 Å². The number of nitrogens with one attached hydrogen (secondary N) is 1. The summed E-state index contributed by atoms with van der Waals surface area (Å²) in [7, 11) is 4.16. The zero-order valence-corrected chi connectivity index (χ0v) is 9.25. The second kappa shape index (κ2) is 5.73. The molecule has 0 amide bonds. The van der Waals surface area contributed by atoms with Crippen LogP contribution in [-0.2, 0) is 6.54 Å². The number of hydrogen-bond donors (Lipinski definition) is 1. The predicted molar refractivity (Wildman–Crippen MR) is 59.2 cm³/mol. The van der Waals surface area contributed by atoms with Gasteiger partial charge in [0.25, 0.3) is 0 Å². The summed E-state index contributed by atoms with van der Waals surface area (Å²) in [5, 5.41) is 3.38. The number of hydrogen-bond acceptors (Lipinski definition) is 3. The summed E-state index contributed by atoms with van der Waals surface area (Å²) in [5.41, 5.74) is 2.47. The maximum Gasteiger partial charge on any atom is 0.0313 e. The molecule has 1 N–H and O–H groups in total. The Morgan fingerprint density at radius 2 is 2.14 bits per heavy atom. The smallest absolute Gasteiger partial charge is 0.0313 e. The summed E-state index contributed by atoms with van der Waals surface area (Å²) in [6, 6.07) is 2.16. The Hall–Kier alpha value is -0.930. The second-order valence-electron chi connectivity index (χ2n) is 3.85. The third-order valence-corrected chi connectivity index (χ3v) is 2.00. The molecule has 3 nitrogen and oxygen atoms in total. The third kappa shape index (κ3) is 4.35. The highest BCUT2D eigenvalue weighted by atomic mass is 15.1. The molecule has 3 heteroatoms. The van der Waals surface area contributed by atoms with Gasteiger partial charge in [0.2, 0.25) is 0 Å². The summed E-state index contributed by atoms with van der Waals surface area (Å²) >= 11 is 0. The fraction of sp³-hybridized carbons (Fsp3) is 0.545. The molecule has 14 heavy (non-hydrogen) atoms. The molecule has 0 aliphatic rings. The number of rotatable bonds is 5. The Labute approximate surface area is 86.2 Å². The fourth-order valence-electron chi connectivity index (χ4n) is 1.25. The van der Waals surface area contributed by atoms with Gasteiger partial charge in [0.05, 0.1) is 0 Å². The van der Waals surface area contributed by atoms with Crippen molar-refractivity contribution in [1.29, 1.82) is 0 Å². The molecule has 0 atom stereocenters. The minimum atomic E-state index is 0.905. The molecule has 0 fully saturated rings. The SMILES string of the molecule is Cc1cncc(CNCCN(C)C)c1. The van der Waals surface area contributed by atoms with E-state index in [1.165, 1.54) is 11.1 Å². The Balaban J connectivity index is 2.25. The van der Waals surface area contributed by atoms with E-state index in [0.29, 0.717) is 0 Å². The molecule has 78 valence electrons. The van der Waals surface area contributed by atoms with E-state index in [-0.39, 0.29) is 0 Å². The van der Waals surface area contributed by atoms with E-state index in [1.54, 1.807) is 0 Å². The average Bonchev–Trinajstić information content (AvgIpc) is 2.12. The van der Waals surface area contributed by atoms with Crippen LogP contribution < -0.4 is 5.32 Å². The Morgan fingerprint density at radius 1 is 1.36 bits per heavy atom. The van der Waals surface area contributed by atoms with Crippen molar-refractivity contribution in [2.75, 3.05) is 27.2 Å². The highest BCUT2D eigenvalue weighted by Crippen LogP contribution is 1.99. The van der Waals surface area contributed by atoms with Gasteiger partial charge in [-0.2, -0.15) is 0 Å². The van der Waals surface area contributed by atoms with Crippen molar-refractivity contribution in [1.82, 2.24) is 15.2 Å². The average molecular weight is 193 g/mol. The molecule has 0 radical (unpaired) electrons. The second-order valence-corrected chi connectivity index (χ2v) is 3.85. The maximum absolute atomic E-state index is 4.15. The molecule has 0 saturated heterocycles. The van der Waals surface area contributed by atoms with Gasteiger partial charge < -0.3 is 10.2 Å². The quantitative estimate of drug-likeness (QED) is 0.708. The van der Waals surface area contributed by atoms with E-state index in [0.717, 1.165) is 19.6 Å². The van der Waals surface area contributed by atoms with Crippen molar-refractivity contribution < 1.29 is 0 Å². The molecule has 0 spiro atoms. The van der Waals surface area contributed by atoms with Gasteiger partial charge in [-0.15, -0.1) is 0 Å². The molecular weight excluding hydrogens is 174 g/mol. The molecular formula is C11H19N3. The number of likely N-dealkylation sites (N-methyl/N-ethyl adjacent to an activating group) is 1. The van der Waals surface area contributed by atoms with Gasteiger partial charge in [-0.25, -0.2) is 0 Å². The van der Waals surface area contributed by atoms with Crippen molar-refractivity contribution in [2.45, 2.75) is 13.5 Å². The minimum Gasteiger partial charge on any atom is -0.311 e. The zero-order valence-electron chi connectivity index (χ0n) is 9.25. The summed E-state index contributed by atoms with van der Waals surface area (Å²) in [6.45, 7) is 5.05. The lowest BCUT2D eigenvalue weighted by molar-refractivity contribution is 0.400. The highest BCUT2D eigenvalue weighted by molar-refractivity contribution is 5.16. The lowest BCUT2D eigenvalue weighted by Gasteiger charge is -2.10. The molecule has 0 aliphatic carbocycles. The van der Waals surface area contributed by atoms with Gasteiger partial charge in [-0.05, 0) is 32.1 Å². The molecule has 1 aromatic rings. The number of aromatic nitrogens is 1. The van der Waals surface area contributed by atoms with Gasteiger partial charge >= 0.3 is 0 Å². The van der Waals surface area contributed by atoms with Crippen molar-refractivity contribution in [3.05, 3.63) is 29.6 Å². The first-order valence-electron chi connectivity index (χ1n) is 4.94. The lowest BCUT2D eigenvalue weighted by Crippen LogP contribution is -2.26. The molecule has 1 heterocycles. The molecule has 1 rings (SSSR count). The van der Waals surface area contributed by atoms with Crippen molar-refractivity contribution in [2.24, 2.45) is 0 Å². The summed E-state index contributed by atoms with van der Waals surface area (Å²) in [6.07, 6.45) is 3.79. The first-order valence-corrected chi connectivity index (χ1v) is 4.94. The van der Waals surface area contributed by atoms with E-state index >= 15 is 0 Å². The number of pyridine rings is 1. The summed E-state index contributed by atoms with van der Waals surface area (Å²) in [4.78, 5) is 6.32. The molecule has 0 aromatic carbocycles. The van der Waals surface area contributed by atoms with Gasteiger partial charge in [-0.3, -0.25) is 4.98 Å². The first kappa shape index (κ1) is 11.1. The lowest BCUT2D eigenvalue weighted by atomic mass is 10.2. The third-order valence-electron chi connectivity index (χ3n) is 2.00. The maximum atomic E-state index is 4.15. The van der Waals surface area contributed by atoms with Crippen molar-refractivity contribution in [3.8, 4) is 0 Å². The van der Waals surface area contributed by atoms with Crippen LogP contribution in [0.5, 0.6) is 0 Å². The van der Waals surface area contributed by atoms with Crippen LogP contribution in [0.15, 0.2) is 18.5 Å². The monoisotopic (exact) mass is 193 g/mol.